The summed E-state index contributed by atoms with van der Waals surface area (Å²) in [6.45, 7) is 10.3. The van der Waals surface area contributed by atoms with Crippen molar-refractivity contribution in [3.63, 3.8) is 0 Å². The van der Waals surface area contributed by atoms with Gasteiger partial charge < -0.3 is 19.9 Å². The Bertz CT molecular complexity index is 921. The fraction of sp³-hybridized carbons (Fsp3) is 0.640. The molecule has 2 N–H and O–H groups in total. The number of aromatic amines is 1. The van der Waals surface area contributed by atoms with Gasteiger partial charge in [0.05, 0.1) is 5.69 Å². The molecule has 1 aliphatic heterocycles. The van der Waals surface area contributed by atoms with Gasteiger partial charge in [-0.3, -0.25) is 0 Å². The number of carbonyl (C=O) groups excluding carboxylic acids is 1. The molecule has 1 aliphatic carbocycles. The zero-order valence-corrected chi connectivity index (χ0v) is 19.9. The van der Waals surface area contributed by atoms with Gasteiger partial charge in [0.1, 0.15) is 11.3 Å². The monoisotopic (exact) mass is 439 g/mol. The molecular formula is C25H37N5O2. The van der Waals surface area contributed by atoms with Crippen LogP contribution in [0.15, 0.2) is 18.2 Å². The molecule has 0 bridgehead atoms. The maximum absolute atomic E-state index is 12.2. The highest BCUT2D eigenvalue weighted by atomic mass is 16.6. The van der Waals surface area contributed by atoms with E-state index in [4.69, 9.17) is 14.7 Å². The van der Waals surface area contributed by atoms with Crippen LogP contribution >= 0.6 is 0 Å². The third kappa shape index (κ3) is 6.09. The number of aryl methyl sites for hydroxylation is 2. The van der Waals surface area contributed by atoms with Crippen LogP contribution in [0.1, 0.15) is 75.9 Å². The number of amides is 1. The number of pyridine rings is 1. The molecule has 32 heavy (non-hydrogen) atoms. The molecule has 0 spiro atoms. The molecule has 1 amide bonds. The Morgan fingerprint density at radius 1 is 1.19 bits per heavy atom. The molecular weight excluding hydrogens is 402 g/mol. The van der Waals surface area contributed by atoms with E-state index in [1.165, 1.54) is 24.2 Å². The number of imidazole rings is 1. The Labute approximate surface area is 191 Å². The lowest BCUT2D eigenvalue weighted by Crippen LogP contribution is -2.46. The van der Waals surface area contributed by atoms with E-state index in [-0.39, 0.29) is 6.09 Å². The molecule has 174 valence electrons. The number of ether oxygens (including phenoxy) is 1. The van der Waals surface area contributed by atoms with Crippen LogP contribution in [0.4, 0.5) is 4.79 Å². The molecule has 2 aromatic rings. The Morgan fingerprint density at radius 3 is 2.62 bits per heavy atom. The molecule has 0 aromatic carbocycles. The van der Waals surface area contributed by atoms with Crippen LogP contribution in [-0.2, 0) is 11.2 Å². The van der Waals surface area contributed by atoms with Gasteiger partial charge in [0.25, 0.3) is 0 Å². The van der Waals surface area contributed by atoms with Gasteiger partial charge in [-0.2, -0.15) is 0 Å². The number of carbonyl (C=O) groups is 1. The second-order valence-corrected chi connectivity index (χ2v) is 10.2. The fourth-order valence-electron chi connectivity index (χ4n) is 4.27. The Hall–Kier alpha value is -2.41. The lowest BCUT2D eigenvalue weighted by Gasteiger charge is -2.33. The summed E-state index contributed by atoms with van der Waals surface area (Å²) in [5.41, 5.74) is 3.99. The number of hydrogen-bond acceptors (Lipinski definition) is 5. The molecule has 0 atom stereocenters. The summed E-state index contributed by atoms with van der Waals surface area (Å²) in [6, 6.07) is 6.67. The summed E-state index contributed by atoms with van der Waals surface area (Å²) in [6.07, 6.45) is 6.22. The van der Waals surface area contributed by atoms with Crippen LogP contribution in [0, 0.1) is 6.92 Å². The quantitative estimate of drug-likeness (QED) is 0.617. The number of nitrogens with one attached hydrogen (secondary N) is 2. The molecule has 2 aliphatic rings. The number of nitrogens with zero attached hydrogens (tertiary/aromatic N) is 3. The van der Waals surface area contributed by atoms with Gasteiger partial charge in [-0.05, 0) is 84.9 Å². The van der Waals surface area contributed by atoms with E-state index in [9.17, 15) is 4.79 Å². The smallest absolute Gasteiger partial charge is 0.410 e. The summed E-state index contributed by atoms with van der Waals surface area (Å²) in [7, 11) is 0. The van der Waals surface area contributed by atoms with Crippen LogP contribution in [0.3, 0.4) is 0 Å². The number of likely N-dealkylation sites (tertiary alicyclic amines) is 1. The van der Waals surface area contributed by atoms with Gasteiger partial charge in [-0.1, -0.05) is 6.07 Å². The molecule has 2 aromatic heterocycles. The van der Waals surface area contributed by atoms with E-state index in [1.54, 1.807) is 0 Å². The number of rotatable bonds is 7. The molecule has 0 radical (unpaired) electrons. The minimum Gasteiger partial charge on any atom is -0.444 e. The first-order valence-corrected chi connectivity index (χ1v) is 12.0. The zero-order valence-electron chi connectivity index (χ0n) is 19.9. The van der Waals surface area contributed by atoms with Gasteiger partial charge in [-0.25, -0.2) is 14.8 Å². The first-order chi connectivity index (χ1) is 15.3. The maximum Gasteiger partial charge on any atom is 0.410 e. The Balaban J connectivity index is 1.19. The summed E-state index contributed by atoms with van der Waals surface area (Å²) >= 11 is 0. The molecule has 3 heterocycles. The number of piperidine rings is 1. The van der Waals surface area contributed by atoms with Crippen molar-refractivity contribution in [2.45, 2.75) is 83.8 Å². The summed E-state index contributed by atoms with van der Waals surface area (Å²) in [4.78, 5) is 27.1. The van der Waals surface area contributed by atoms with Crippen molar-refractivity contribution < 1.29 is 9.53 Å². The number of aromatic nitrogens is 3. The summed E-state index contributed by atoms with van der Waals surface area (Å²) in [5.74, 6) is 1.53. The van der Waals surface area contributed by atoms with Crippen molar-refractivity contribution in [2.24, 2.45) is 0 Å². The van der Waals surface area contributed by atoms with E-state index in [1.807, 2.05) is 31.7 Å². The SMILES string of the molecule is Cc1[nH]c(-c2cccc(CCCNC3CCN(C(=O)OC(C)(C)C)CC3)n2)nc1C1CC1. The first-order valence-electron chi connectivity index (χ1n) is 12.0. The zero-order chi connectivity index (χ0) is 22.7. The number of H-pyrrole nitrogens is 1. The second kappa shape index (κ2) is 9.61. The van der Waals surface area contributed by atoms with Crippen molar-refractivity contribution in [1.29, 1.82) is 0 Å². The fourth-order valence-corrected chi connectivity index (χ4v) is 4.27. The van der Waals surface area contributed by atoms with Crippen molar-refractivity contribution in [1.82, 2.24) is 25.2 Å². The second-order valence-electron chi connectivity index (χ2n) is 10.2. The van der Waals surface area contributed by atoms with E-state index < -0.39 is 5.60 Å². The minimum atomic E-state index is -0.438. The van der Waals surface area contributed by atoms with Gasteiger partial charge in [0.2, 0.25) is 0 Å². The molecule has 2 fully saturated rings. The van der Waals surface area contributed by atoms with Crippen molar-refractivity contribution >= 4 is 6.09 Å². The lowest BCUT2D eigenvalue weighted by molar-refractivity contribution is 0.0198. The third-order valence-electron chi connectivity index (χ3n) is 6.13. The normalized spacial score (nSPS) is 17.6. The van der Waals surface area contributed by atoms with Gasteiger partial charge in [0, 0.05) is 36.4 Å². The summed E-state index contributed by atoms with van der Waals surface area (Å²) < 4.78 is 5.48. The summed E-state index contributed by atoms with van der Waals surface area (Å²) in [5, 5.41) is 3.65. The molecule has 0 unspecified atom stereocenters. The van der Waals surface area contributed by atoms with Crippen LogP contribution in [0.2, 0.25) is 0 Å². The van der Waals surface area contributed by atoms with Gasteiger partial charge in [0.15, 0.2) is 5.82 Å². The van der Waals surface area contributed by atoms with Crippen LogP contribution in [0.5, 0.6) is 0 Å². The highest BCUT2D eigenvalue weighted by molar-refractivity contribution is 5.68. The molecule has 7 heteroatoms. The van der Waals surface area contributed by atoms with Crippen molar-refractivity contribution in [3.8, 4) is 11.5 Å². The Kier molecular flexibility index (Phi) is 6.84. The maximum atomic E-state index is 12.2. The van der Waals surface area contributed by atoms with E-state index in [0.29, 0.717) is 12.0 Å². The topological polar surface area (TPSA) is 83.1 Å². The minimum absolute atomic E-state index is 0.196. The lowest BCUT2D eigenvalue weighted by atomic mass is 10.1. The number of hydrogen-bond donors (Lipinski definition) is 2. The van der Waals surface area contributed by atoms with Gasteiger partial charge >= 0.3 is 6.09 Å². The standard InChI is InChI=1S/C25H37N5O2/c1-17-22(18-10-11-18)29-23(27-17)21-9-5-7-20(28-21)8-6-14-26-19-12-15-30(16-13-19)24(31)32-25(2,3)4/h5,7,9,18-19,26H,6,8,10-16H2,1-4H3,(H,27,29). The highest BCUT2D eigenvalue weighted by Gasteiger charge is 2.29. The van der Waals surface area contributed by atoms with Crippen molar-refractivity contribution in [3.05, 3.63) is 35.3 Å². The largest absolute Gasteiger partial charge is 0.444 e. The van der Waals surface area contributed by atoms with Crippen LogP contribution < -0.4 is 5.32 Å². The molecule has 1 saturated carbocycles. The van der Waals surface area contributed by atoms with Crippen LogP contribution in [0.25, 0.3) is 11.5 Å². The average Bonchev–Trinajstić information content (AvgIpc) is 3.52. The predicted octanol–water partition coefficient (Wildman–Crippen LogP) is 4.58. The van der Waals surface area contributed by atoms with E-state index in [2.05, 4.69) is 29.4 Å². The van der Waals surface area contributed by atoms with Gasteiger partial charge in [-0.15, -0.1) is 0 Å². The Morgan fingerprint density at radius 2 is 1.94 bits per heavy atom. The highest BCUT2D eigenvalue weighted by Crippen LogP contribution is 2.41. The molecule has 1 saturated heterocycles. The van der Waals surface area contributed by atoms with Crippen molar-refractivity contribution in [2.75, 3.05) is 19.6 Å². The third-order valence-corrected chi connectivity index (χ3v) is 6.13. The van der Waals surface area contributed by atoms with Crippen LogP contribution in [-0.4, -0.2) is 57.2 Å². The molecule has 4 rings (SSSR count). The first kappa shape index (κ1) is 22.8. The predicted molar refractivity (Wildman–Crippen MR) is 126 cm³/mol. The van der Waals surface area contributed by atoms with E-state index in [0.717, 1.165) is 62.5 Å². The molecule has 7 nitrogen and oxygen atoms in total. The average molecular weight is 440 g/mol. The van der Waals surface area contributed by atoms with E-state index >= 15 is 0 Å².